The number of sulfonamides is 1. The maximum atomic E-state index is 13.9. The summed E-state index contributed by atoms with van der Waals surface area (Å²) in [7, 11) is 0.445. The number of rotatable bonds is 5. The summed E-state index contributed by atoms with van der Waals surface area (Å²) in [5.41, 5.74) is 0.500. The highest BCUT2D eigenvalue weighted by atomic mass is 32.2. The minimum Gasteiger partial charge on any atom is -0.496 e. The molecule has 0 aliphatic rings. The molecule has 2 aromatic carbocycles. The fourth-order valence-corrected chi connectivity index (χ4v) is 3.60. The number of halogens is 1. The SMILES string of the molecule is COc1ccc(S(=O)(=O)N(C)C)cc1C(=O)Nc1ccnc2c(F)cccc12. The van der Waals surface area contributed by atoms with Crippen LogP contribution in [0.25, 0.3) is 10.9 Å². The maximum Gasteiger partial charge on any atom is 0.259 e. The summed E-state index contributed by atoms with van der Waals surface area (Å²) in [4.78, 5) is 16.8. The van der Waals surface area contributed by atoms with Crippen LogP contribution in [0.5, 0.6) is 5.75 Å². The van der Waals surface area contributed by atoms with E-state index >= 15 is 0 Å². The quantitative estimate of drug-likeness (QED) is 0.708. The molecule has 1 N–H and O–H groups in total. The van der Waals surface area contributed by atoms with Crippen LogP contribution in [-0.2, 0) is 10.0 Å². The normalized spacial score (nSPS) is 11.6. The second-order valence-corrected chi connectivity index (χ2v) is 8.25. The van der Waals surface area contributed by atoms with Gasteiger partial charge in [-0.2, -0.15) is 0 Å². The molecule has 0 radical (unpaired) electrons. The number of amides is 1. The van der Waals surface area contributed by atoms with Gasteiger partial charge in [-0.1, -0.05) is 12.1 Å². The summed E-state index contributed by atoms with van der Waals surface area (Å²) >= 11 is 0. The van der Waals surface area contributed by atoms with Gasteiger partial charge in [-0.25, -0.2) is 17.1 Å². The molecule has 1 amide bonds. The lowest BCUT2D eigenvalue weighted by Gasteiger charge is -2.15. The number of nitrogens with zero attached hydrogens (tertiary/aromatic N) is 2. The summed E-state index contributed by atoms with van der Waals surface area (Å²) in [6.07, 6.45) is 1.38. The van der Waals surface area contributed by atoms with Crippen molar-refractivity contribution in [2.45, 2.75) is 4.90 Å². The summed E-state index contributed by atoms with van der Waals surface area (Å²) in [6, 6.07) is 9.97. The predicted octanol–water partition coefficient (Wildman–Crippen LogP) is 2.89. The lowest BCUT2D eigenvalue weighted by atomic mass is 10.1. The third-order valence-electron chi connectivity index (χ3n) is 4.16. The van der Waals surface area contributed by atoms with Crippen LogP contribution in [0.1, 0.15) is 10.4 Å². The van der Waals surface area contributed by atoms with E-state index in [1.807, 2.05) is 0 Å². The molecule has 0 spiro atoms. The topological polar surface area (TPSA) is 88.6 Å². The largest absolute Gasteiger partial charge is 0.496 e. The van der Waals surface area contributed by atoms with Crippen molar-refractivity contribution in [3.05, 3.63) is 60.0 Å². The predicted molar refractivity (Wildman–Crippen MR) is 104 cm³/mol. The van der Waals surface area contributed by atoms with Crippen molar-refractivity contribution in [3.63, 3.8) is 0 Å². The van der Waals surface area contributed by atoms with Crippen LogP contribution in [0.3, 0.4) is 0 Å². The van der Waals surface area contributed by atoms with Gasteiger partial charge in [0.15, 0.2) is 0 Å². The van der Waals surface area contributed by atoms with Crippen molar-refractivity contribution in [2.24, 2.45) is 0 Å². The first-order valence-electron chi connectivity index (χ1n) is 8.21. The zero-order chi connectivity index (χ0) is 20.5. The van der Waals surface area contributed by atoms with E-state index < -0.39 is 21.7 Å². The molecule has 0 saturated carbocycles. The lowest BCUT2D eigenvalue weighted by molar-refractivity contribution is 0.102. The Morgan fingerprint density at radius 2 is 1.93 bits per heavy atom. The number of anilines is 1. The van der Waals surface area contributed by atoms with Gasteiger partial charge in [0.1, 0.15) is 17.1 Å². The second-order valence-electron chi connectivity index (χ2n) is 6.10. The van der Waals surface area contributed by atoms with E-state index in [9.17, 15) is 17.6 Å². The maximum absolute atomic E-state index is 13.9. The molecule has 1 heterocycles. The van der Waals surface area contributed by atoms with Crippen molar-refractivity contribution >= 4 is 32.5 Å². The third kappa shape index (κ3) is 3.54. The first-order chi connectivity index (χ1) is 13.3. The van der Waals surface area contributed by atoms with E-state index in [2.05, 4.69) is 10.3 Å². The number of hydrogen-bond acceptors (Lipinski definition) is 5. The Bertz CT molecular complexity index is 1160. The first kappa shape index (κ1) is 19.7. The number of pyridine rings is 1. The van der Waals surface area contributed by atoms with Gasteiger partial charge in [0, 0.05) is 25.7 Å². The Morgan fingerprint density at radius 1 is 1.18 bits per heavy atom. The van der Waals surface area contributed by atoms with E-state index in [4.69, 9.17) is 4.74 Å². The van der Waals surface area contributed by atoms with Gasteiger partial charge >= 0.3 is 0 Å². The van der Waals surface area contributed by atoms with Gasteiger partial charge in [0.25, 0.3) is 5.91 Å². The summed E-state index contributed by atoms with van der Waals surface area (Å²) < 4.78 is 44.9. The molecule has 3 aromatic rings. The van der Waals surface area contributed by atoms with Crippen molar-refractivity contribution in [2.75, 3.05) is 26.5 Å². The number of hydrogen-bond donors (Lipinski definition) is 1. The fourth-order valence-electron chi connectivity index (χ4n) is 2.67. The molecule has 0 unspecified atom stereocenters. The van der Waals surface area contributed by atoms with Crippen LogP contribution in [-0.4, -0.2) is 44.8 Å². The molecule has 0 bridgehead atoms. The lowest BCUT2D eigenvalue weighted by Crippen LogP contribution is -2.23. The fraction of sp³-hybridized carbons (Fsp3) is 0.158. The Balaban J connectivity index is 2.05. The number of nitrogens with one attached hydrogen (secondary N) is 1. The van der Waals surface area contributed by atoms with Gasteiger partial charge in [-0.05, 0) is 30.3 Å². The molecule has 0 fully saturated rings. The number of fused-ring (bicyclic) bond motifs is 1. The second kappa shape index (κ2) is 7.53. The average Bonchev–Trinajstić information content (AvgIpc) is 2.68. The summed E-state index contributed by atoms with van der Waals surface area (Å²) in [6.45, 7) is 0. The monoisotopic (exact) mass is 403 g/mol. The highest BCUT2D eigenvalue weighted by molar-refractivity contribution is 7.89. The van der Waals surface area contributed by atoms with Gasteiger partial charge in [0.05, 0.1) is 23.3 Å². The van der Waals surface area contributed by atoms with Crippen molar-refractivity contribution in [1.29, 1.82) is 0 Å². The Labute approximate surface area is 161 Å². The van der Waals surface area contributed by atoms with Crippen LogP contribution < -0.4 is 10.1 Å². The van der Waals surface area contributed by atoms with Crippen LogP contribution in [0.2, 0.25) is 0 Å². The number of para-hydroxylation sites is 1. The first-order valence-corrected chi connectivity index (χ1v) is 9.65. The Kier molecular flexibility index (Phi) is 5.30. The van der Waals surface area contributed by atoms with Crippen LogP contribution in [0.15, 0.2) is 53.6 Å². The molecule has 0 atom stereocenters. The number of methoxy groups -OCH3 is 1. The highest BCUT2D eigenvalue weighted by Gasteiger charge is 2.22. The third-order valence-corrected chi connectivity index (χ3v) is 5.98. The minimum absolute atomic E-state index is 0.0341. The van der Waals surface area contributed by atoms with Gasteiger partial charge in [0.2, 0.25) is 10.0 Å². The summed E-state index contributed by atoms with van der Waals surface area (Å²) in [5.74, 6) is -0.894. The van der Waals surface area contributed by atoms with Crippen molar-refractivity contribution in [1.82, 2.24) is 9.29 Å². The molecule has 3 rings (SSSR count). The van der Waals surface area contributed by atoms with Crippen molar-refractivity contribution < 1.29 is 22.3 Å². The van der Waals surface area contributed by atoms with Crippen LogP contribution in [0, 0.1) is 5.82 Å². The Morgan fingerprint density at radius 3 is 2.61 bits per heavy atom. The smallest absolute Gasteiger partial charge is 0.259 e. The molecule has 1 aromatic heterocycles. The number of ether oxygens (including phenoxy) is 1. The molecular weight excluding hydrogens is 385 g/mol. The molecule has 0 aliphatic heterocycles. The molecule has 0 saturated heterocycles. The number of benzene rings is 2. The van der Waals surface area contributed by atoms with E-state index in [1.165, 1.54) is 63.8 Å². The van der Waals surface area contributed by atoms with Crippen molar-refractivity contribution in [3.8, 4) is 5.75 Å². The standard InChI is InChI=1S/C19H18FN3O4S/c1-23(2)28(25,26)12-7-8-17(27-3)14(11-12)19(24)22-16-9-10-21-18-13(16)5-4-6-15(18)20/h4-11H,1-3H3,(H,21,22,24). The van der Waals surface area contributed by atoms with E-state index in [0.29, 0.717) is 11.1 Å². The number of carbonyl (C=O) groups excluding carboxylic acids is 1. The van der Waals surface area contributed by atoms with Gasteiger partial charge in [-0.3, -0.25) is 9.78 Å². The van der Waals surface area contributed by atoms with E-state index in [-0.39, 0.29) is 21.7 Å². The molecule has 28 heavy (non-hydrogen) atoms. The zero-order valence-electron chi connectivity index (χ0n) is 15.4. The summed E-state index contributed by atoms with van der Waals surface area (Å²) in [5, 5.41) is 3.10. The van der Waals surface area contributed by atoms with Gasteiger partial charge in [-0.15, -0.1) is 0 Å². The number of aromatic nitrogens is 1. The molecule has 9 heteroatoms. The minimum atomic E-state index is -3.73. The molecular formula is C19H18FN3O4S. The highest BCUT2D eigenvalue weighted by Crippen LogP contribution is 2.27. The molecule has 7 nitrogen and oxygen atoms in total. The Hall–Kier alpha value is -3.04. The van der Waals surface area contributed by atoms with E-state index in [0.717, 1.165) is 4.31 Å². The van der Waals surface area contributed by atoms with Gasteiger partial charge < -0.3 is 10.1 Å². The zero-order valence-corrected chi connectivity index (χ0v) is 16.2. The molecule has 0 aliphatic carbocycles. The average molecular weight is 403 g/mol. The van der Waals surface area contributed by atoms with Crippen LogP contribution in [0.4, 0.5) is 10.1 Å². The molecule has 146 valence electrons. The van der Waals surface area contributed by atoms with E-state index in [1.54, 1.807) is 6.07 Å². The van der Waals surface area contributed by atoms with Crippen LogP contribution >= 0.6 is 0 Å². The number of carbonyl (C=O) groups is 1.